The average Bonchev–Trinajstić information content (AvgIpc) is 3.40. The minimum atomic E-state index is -1.33. The molecule has 6 nitrogen and oxygen atoms in total. The monoisotopic (exact) mass is 540 g/mol. The first-order chi connectivity index (χ1) is 18.6. The largest absolute Gasteiger partial charge is 0.497 e. The van der Waals surface area contributed by atoms with E-state index in [-0.39, 0.29) is 17.5 Å². The molecule has 1 spiro atoms. The van der Waals surface area contributed by atoms with E-state index in [0.717, 1.165) is 16.8 Å². The molecule has 4 atom stereocenters. The van der Waals surface area contributed by atoms with E-state index in [0.29, 0.717) is 22.0 Å². The molecule has 0 unspecified atom stereocenters. The molecule has 3 heterocycles. The van der Waals surface area contributed by atoms with Gasteiger partial charge in [0.15, 0.2) is 11.6 Å². The summed E-state index contributed by atoms with van der Waals surface area (Å²) in [6.45, 7) is 5.57. The first kappa shape index (κ1) is 25.4. The van der Waals surface area contributed by atoms with Crippen molar-refractivity contribution in [3.8, 4) is 5.75 Å². The predicted octanol–water partition coefficient (Wildman–Crippen LogP) is 5.94. The summed E-state index contributed by atoms with van der Waals surface area (Å²) >= 11 is 6.15. The lowest BCUT2D eigenvalue weighted by Gasteiger charge is -2.38. The summed E-state index contributed by atoms with van der Waals surface area (Å²) in [6.07, 6.45) is 3.92. The molecule has 7 heteroatoms. The Hall–Kier alpha value is -3.90. The Bertz CT molecular complexity index is 1560. The van der Waals surface area contributed by atoms with Crippen molar-refractivity contribution in [2.24, 2.45) is 11.3 Å². The number of para-hydroxylation sites is 1. The molecule has 0 radical (unpaired) electrons. The van der Waals surface area contributed by atoms with Gasteiger partial charge >= 0.3 is 0 Å². The van der Waals surface area contributed by atoms with Crippen LogP contribution < -0.4 is 15.0 Å². The van der Waals surface area contributed by atoms with Crippen LogP contribution in [0.3, 0.4) is 0 Å². The highest BCUT2D eigenvalue weighted by molar-refractivity contribution is 6.30. The summed E-state index contributed by atoms with van der Waals surface area (Å²) in [6, 6.07) is 18.3. The van der Waals surface area contributed by atoms with Gasteiger partial charge in [-0.3, -0.25) is 14.4 Å². The second kappa shape index (κ2) is 8.82. The van der Waals surface area contributed by atoms with Gasteiger partial charge in [-0.15, -0.1) is 0 Å². The maximum Gasteiger partial charge on any atom is 0.238 e. The number of Topliss-reactive ketones (excluding diaryl/α,β-unsaturated/α-hetero) is 2. The first-order valence-electron chi connectivity index (χ1n) is 13.0. The van der Waals surface area contributed by atoms with Crippen LogP contribution in [-0.2, 0) is 15.0 Å². The van der Waals surface area contributed by atoms with Gasteiger partial charge in [-0.1, -0.05) is 62.7 Å². The Morgan fingerprint density at radius 1 is 1.03 bits per heavy atom. The van der Waals surface area contributed by atoms with Crippen molar-refractivity contribution < 1.29 is 19.1 Å². The van der Waals surface area contributed by atoms with Crippen LogP contribution in [0.1, 0.15) is 42.3 Å². The minimum absolute atomic E-state index is 0.106. The van der Waals surface area contributed by atoms with E-state index in [1.54, 1.807) is 31.4 Å². The molecule has 3 aromatic carbocycles. The predicted molar refractivity (Wildman–Crippen MR) is 153 cm³/mol. The lowest BCUT2D eigenvalue weighted by Crippen LogP contribution is -2.51. The number of rotatable bonds is 4. The fraction of sp³-hybridized carbons (Fsp3) is 0.281. The van der Waals surface area contributed by atoms with Crippen LogP contribution in [0.2, 0.25) is 5.02 Å². The molecule has 1 saturated heterocycles. The number of hydrogen-bond donors (Lipinski definition) is 1. The summed E-state index contributed by atoms with van der Waals surface area (Å²) in [5, 5.41) is 3.55. The number of carbonyl (C=O) groups is 3. The van der Waals surface area contributed by atoms with Gasteiger partial charge in [0.05, 0.1) is 19.1 Å². The highest BCUT2D eigenvalue weighted by atomic mass is 35.5. The topological polar surface area (TPSA) is 75.7 Å². The van der Waals surface area contributed by atoms with Crippen molar-refractivity contribution in [2.75, 3.05) is 17.3 Å². The Kier molecular flexibility index (Phi) is 5.74. The number of methoxy groups -OCH3 is 1. The highest BCUT2D eigenvalue weighted by Crippen LogP contribution is 2.58. The Morgan fingerprint density at radius 3 is 2.44 bits per heavy atom. The smallest absolute Gasteiger partial charge is 0.238 e. The highest BCUT2D eigenvalue weighted by Gasteiger charge is 2.70. The summed E-state index contributed by atoms with van der Waals surface area (Å²) in [5.74, 6) is -0.958. The van der Waals surface area contributed by atoms with Crippen molar-refractivity contribution in [2.45, 2.75) is 38.3 Å². The third-order valence-electron chi connectivity index (χ3n) is 8.26. The molecular formula is C32H29ClN2O4. The molecule has 1 N–H and O–H groups in total. The minimum Gasteiger partial charge on any atom is -0.497 e. The molecular weight excluding hydrogens is 512 g/mol. The number of hydrogen-bond acceptors (Lipinski definition) is 5. The van der Waals surface area contributed by atoms with Crippen molar-refractivity contribution in [1.29, 1.82) is 0 Å². The number of fused-ring (bicyclic) bond motifs is 6. The maximum absolute atomic E-state index is 14.6. The van der Waals surface area contributed by atoms with E-state index >= 15 is 0 Å². The van der Waals surface area contributed by atoms with Crippen LogP contribution in [-0.4, -0.2) is 36.7 Å². The van der Waals surface area contributed by atoms with Crippen LogP contribution in [0.25, 0.3) is 6.08 Å². The van der Waals surface area contributed by atoms with E-state index in [4.69, 9.17) is 16.3 Å². The van der Waals surface area contributed by atoms with Gasteiger partial charge in [0.2, 0.25) is 5.91 Å². The van der Waals surface area contributed by atoms with Crippen molar-refractivity contribution in [3.05, 3.63) is 94.5 Å². The van der Waals surface area contributed by atoms with Gasteiger partial charge in [-0.25, -0.2) is 0 Å². The quantitative estimate of drug-likeness (QED) is 0.415. The average molecular weight is 541 g/mol. The second-order valence-corrected chi connectivity index (χ2v) is 11.8. The Labute approximate surface area is 232 Å². The summed E-state index contributed by atoms with van der Waals surface area (Å²) in [4.78, 5) is 45.3. The van der Waals surface area contributed by atoms with Gasteiger partial charge < -0.3 is 15.0 Å². The second-order valence-electron chi connectivity index (χ2n) is 11.4. The van der Waals surface area contributed by atoms with Gasteiger partial charge in [0.1, 0.15) is 17.2 Å². The normalized spacial score (nSPS) is 24.7. The third-order valence-corrected chi connectivity index (χ3v) is 8.51. The molecule has 0 aliphatic carbocycles. The molecule has 0 aromatic heterocycles. The van der Waals surface area contributed by atoms with Crippen LogP contribution in [0, 0.1) is 11.3 Å². The van der Waals surface area contributed by atoms with Crippen LogP contribution in [0.5, 0.6) is 5.75 Å². The van der Waals surface area contributed by atoms with Gasteiger partial charge in [0, 0.05) is 32.9 Å². The lowest BCUT2D eigenvalue weighted by atomic mass is 9.63. The SMILES string of the molecule is COc1ccc2c(c1)C=C[C@@H]1N2[C@H](C(=O)C(C)(C)C)[C@@H](C(=O)c2ccc(Cl)cc2)[C@]12C(=O)Nc1ccccc12. The maximum atomic E-state index is 14.6. The van der Waals surface area contributed by atoms with E-state index in [1.165, 1.54) is 0 Å². The molecule has 0 saturated carbocycles. The number of ether oxygens (including phenoxy) is 1. The van der Waals surface area contributed by atoms with Crippen molar-refractivity contribution in [3.63, 3.8) is 0 Å². The van der Waals surface area contributed by atoms with Gasteiger partial charge in [-0.05, 0) is 54.1 Å². The Balaban J connectivity index is 1.67. The van der Waals surface area contributed by atoms with Gasteiger partial charge in [0.25, 0.3) is 0 Å². The number of benzene rings is 3. The zero-order valence-electron chi connectivity index (χ0n) is 22.2. The van der Waals surface area contributed by atoms with E-state index < -0.39 is 28.8 Å². The van der Waals surface area contributed by atoms with Crippen LogP contribution in [0.4, 0.5) is 11.4 Å². The van der Waals surface area contributed by atoms with E-state index in [1.807, 2.05) is 80.3 Å². The van der Waals surface area contributed by atoms with Crippen molar-refractivity contribution in [1.82, 2.24) is 0 Å². The van der Waals surface area contributed by atoms with Crippen LogP contribution in [0.15, 0.2) is 72.8 Å². The zero-order valence-corrected chi connectivity index (χ0v) is 23.0. The van der Waals surface area contributed by atoms with Crippen molar-refractivity contribution >= 4 is 46.5 Å². The van der Waals surface area contributed by atoms with E-state index in [9.17, 15) is 14.4 Å². The standard InChI is InChI=1S/C32H29ClN2O4/c1-31(2,3)29(37)27-26(28(36)18-9-12-20(33)13-10-18)32(22-7-5-6-8-23(22)34-30(32)38)25-16-11-19-17-21(39-4)14-15-24(19)35(25)27/h5-17,25-27H,1-4H3,(H,34,38)/t25-,26-,27-,32+/m0/s1. The Morgan fingerprint density at radius 2 is 1.74 bits per heavy atom. The molecule has 6 rings (SSSR count). The molecule has 3 aromatic rings. The molecule has 198 valence electrons. The molecule has 3 aliphatic heterocycles. The lowest BCUT2D eigenvalue weighted by molar-refractivity contribution is -0.128. The summed E-state index contributed by atoms with van der Waals surface area (Å²) in [5.41, 5.74) is 1.34. The number of carbonyl (C=O) groups excluding carboxylic acids is 3. The zero-order chi connectivity index (χ0) is 27.7. The molecule has 0 bridgehead atoms. The fourth-order valence-electron chi connectivity index (χ4n) is 6.52. The summed E-state index contributed by atoms with van der Waals surface area (Å²) in [7, 11) is 1.61. The number of halogens is 1. The molecule has 1 fully saturated rings. The number of amides is 1. The third kappa shape index (κ3) is 3.58. The molecule has 3 aliphatic rings. The summed E-state index contributed by atoms with van der Waals surface area (Å²) < 4.78 is 5.46. The molecule has 39 heavy (non-hydrogen) atoms. The first-order valence-corrected chi connectivity index (χ1v) is 13.4. The number of anilines is 2. The number of ketones is 2. The number of nitrogens with zero attached hydrogens (tertiary/aromatic N) is 1. The molecule has 1 amide bonds. The van der Waals surface area contributed by atoms with E-state index in [2.05, 4.69) is 5.32 Å². The van der Waals surface area contributed by atoms with Crippen LogP contribution >= 0.6 is 11.6 Å². The fourth-order valence-corrected chi connectivity index (χ4v) is 6.65. The number of nitrogens with one attached hydrogen (secondary N) is 1. The van der Waals surface area contributed by atoms with Gasteiger partial charge in [-0.2, -0.15) is 0 Å².